The van der Waals surface area contributed by atoms with E-state index in [1.165, 1.54) is 4.90 Å². The highest BCUT2D eigenvalue weighted by atomic mass is 32.2. The molecule has 6 nitrogen and oxygen atoms in total. The van der Waals surface area contributed by atoms with Crippen molar-refractivity contribution in [3.8, 4) is 0 Å². The van der Waals surface area contributed by atoms with Gasteiger partial charge in [-0.3, -0.25) is 4.79 Å². The van der Waals surface area contributed by atoms with E-state index >= 15 is 0 Å². The Morgan fingerprint density at radius 3 is 2.28 bits per heavy atom. The summed E-state index contributed by atoms with van der Waals surface area (Å²) in [6, 6.07) is 0. The Labute approximate surface area is 103 Å². The third kappa shape index (κ3) is 3.33. The molecule has 0 spiro atoms. The molecule has 0 radical (unpaired) electrons. The minimum Gasteiger partial charge on any atom is -0.339 e. The molecule has 1 heterocycles. The summed E-state index contributed by atoms with van der Waals surface area (Å²) < 4.78 is 58.6. The molecule has 1 amide bonds. The highest BCUT2D eigenvalue weighted by Gasteiger charge is 2.49. The normalized spacial score (nSPS) is 18.2. The highest BCUT2D eigenvalue weighted by molar-refractivity contribution is 7.90. The predicted molar refractivity (Wildman–Crippen MR) is 57.1 cm³/mol. The third-order valence-electron chi connectivity index (χ3n) is 2.53. The van der Waals surface area contributed by atoms with Crippen LogP contribution in [0.5, 0.6) is 0 Å². The van der Waals surface area contributed by atoms with E-state index in [-0.39, 0.29) is 4.31 Å². The molecule has 0 aliphatic carbocycles. The molecule has 0 atom stereocenters. The molecule has 106 valence electrons. The number of sulfonamides is 1. The summed E-state index contributed by atoms with van der Waals surface area (Å²) >= 11 is 0. The number of carbonyl (C=O) groups is 1. The molecule has 0 aromatic heterocycles. The largest absolute Gasteiger partial charge is 0.511 e. The zero-order valence-corrected chi connectivity index (χ0v) is 10.5. The first kappa shape index (κ1) is 15.2. The number of piperazine rings is 1. The lowest BCUT2D eigenvalue weighted by Crippen LogP contribution is -2.50. The number of hydrogen-bond donors (Lipinski definition) is 1. The molecule has 1 aliphatic rings. The average Bonchev–Trinajstić information content (AvgIpc) is 2.28. The number of likely N-dealkylation sites (N-methyl/N-ethyl adjacent to an activating group) is 1. The van der Waals surface area contributed by atoms with E-state index in [4.69, 9.17) is 0 Å². The molecule has 1 rings (SSSR count). The van der Waals surface area contributed by atoms with Crippen molar-refractivity contribution in [3.63, 3.8) is 0 Å². The van der Waals surface area contributed by atoms with Crippen molar-refractivity contribution < 1.29 is 26.4 Å². The Morgan fingerprint density at radius 1 is 1.33 bits per heavy atom. The second-order valence-electron chi connectivity index (χ2n) is 3.84. The first-order chi connectivity index (χ1) is 8.16. The van der Waals surface area contributed by atoms with Gasteiger partial charge in [0.15, 0.2) is 0 Å². The topological polar surface area (TPSA) is 69.7 Å². The van der Waals surface area contributed by atoms with Crippen LogP contribution in [0.3, 0.4) is 0 Å². The van der Waals surface area contributed by atoms with Crippen LogP contribution < -0.4 is 5.32 Å². The van der Waals surface area contributed by atoms with E-state index in [0.29, 0.717) is 26.2 Å². The summed E-state index contributed by atoms with van der Waals surface area (Å²) in [5.41, 5.74) is -5.38. The number of hydrogen-bond acceptors (Lipinski definition) is 4. The average molecular weight is 289 g/mol. The van der Waals surface area contributed by atoms with Gasteiger partial charge in [0.2, 0.25) is 5.91 Å². The summed E-state index contributed by atoms with van der Waals surface area (Å²) in [6.45, 7) is 1.00. The second-order valence-corrected chi connectivity index (χ2v) is 5.87. The lowest BCUT2D eigenvalue weighted by Gasteiger charge is -2.29. The molecule has 1 N–H and O–H groups in total. The van der Waals surface area contributed by atoms with Crippen molar-refractivity contribution in [2.24, 2.45) is 0 Å². The smallest absolute Gasteiger partial charge is 0.339 e. The van der Waals surface area contributed by atoms with Crippen LogP contribution in [0.25, 0.3) is 0 Å². The van der Waals surface area contributed by atoms with E-state index in [2.05, 4.69) is 5.32 Å². The lowest BCUT2D eigenvalue weighted by molar-refractivity contribution is -0.131. The van der Waals surface area contributed by atoms with Crippen molar-refractivity contribution in [3.05, 3.63) is 0 Å². The number of rotatable bonds is 3. The van der Waals surface area contributed by atoms with Crippen molar-refractivity contribution in [1.82, 2.24) is 14.5 Å². The Kier molecular flexibility index (Phi) is 4.56. The summed E-state index contributed by atoms with van der Waals surface area (Å²) in [6.07, 6.45) is 0. The zero-order valence-electron chi connectivity index (χ0n) is 9.70. The molecule has 1 aliphatic heterocycles. The van der Waals surface area contributed by atoms with Crippen LogP contribution in [0.1, 0.15) is 0 Å². The Morgan fingerprint density at radius 2 is 1.83 bits per heavy atom. The van der Waals surface area contributed by atoms with Crippen molar-refractivity contribution in [2.45, 2.75) is 5.51 Å². The van der Waals surface area contributed by atoms with Crippen molar-refractivity contribution in [1.29, 1.82) is 0 Å². The monoisotopic (exact) mass is 289 g/mol. The van der Waals surface area contributed by atoms with Crippen LogP contribution in [-0.2, 0) is 14.8 Å². The quantitative estimate of drug-likeness (QED) is 0.738. The first-order valence-corrected chi connectivity index (χ1v) is 6.61. The van der Waals surface area contributed by atoms with Gasteiger partial charge >= 0.3 is 15.5 Å². The van der Waals surface area contributed by atoms with E-state index in [0.717, 1.165) is 7.05 Å². The molecule has 18 heavy (non-hydrogen) atoms. The van der Waals surface area contributed by atoms with Crippen molar-refractivity contribution >= 4 is 15.9 Å². The molecule has 1 saturated heterocycles. The fraction of sp³-hybridized carbons (Fsp3) is 0.875. The van der Waals surface area contributed by atoms with Gasteiger partial charge in [-0.1, -0.05) is 0 Å². The van der Waals surface area contributed by atoms with Gasteiger partial charge in [-0.2, -0.15) is 17.5 Å². The number of halogens is 3. The summed E-state index contributed by atoms with van der Waals surface area (Å²) in [4.78, 5) is 12.9. The van der Waals surface area contributed by atoms with E-state index in [1.807, 2.05) is 0 Å². The van der Waals surface area contributed by atoms with Gasteiger partial charge in [-0.15, -0.1) is 0 Å². The lowest BCUT2D eigenvalue weighted by atomic mass is 10.3. The highest BCUT2D eigenvalue weighted by Crippen LogP contribution is 2.25. The van der Waals surface area contributed by atoms with Gasteiger partial charge in [0.05, 0.1) is 6.54 Å². The summed E-state index contributed by atoms with van der Waals surface area (Å²) in [5, 5.41) is 2.97. The number of nitrogens with zero attached hydrogens (tertiary/aromatic N) is 2. The van der Waals surface area contributed by atoms with E-state index in [9.17, 15) is 26.4 Å². The van der Waals surface area contributed by atoms with Gasteiger partial charge in [-0.05, 0) is 0 Å². The Bertz CT molecular complexity index is 404. The molecule has 0 aromatic carbocycles. The summed E-state index contributed by atoms with van der Waals surface area (Å²) in [5.74, 6) is -0.633. The van der Waals surface area contributed by atoms with Crippen LogP contribution in [0, 0.1) is 0 Å². The number of nitrogens with one attached hydrogen (secondary N) is 1. The molecule has 0 unspecified atom stereocenters. The molecular weight excluding hydrogens is 275 g/mol. The third-order valence-corrected chi connectivity index (χ3v) is 4.07. The number of amides is 1. The van der Waals surface area contributed by atoms with Gasteiger partial charge < -0.3 is 10.2 Å². The van der Waals surface area contributed by atoms with Gasteiger partial charge in [-0.25, -0.2) is 8.42 Å². The minimum atomic E-state index is -5.44. The maximum Gasteiger partial charge on any atom is 0.511 e. The van der Waals surface area contributed by atoms with Crippen LogP contribution in [-0.4, -0.2) is 68.8 Å². The van der Waals surface area contributed by atoms with Crippen LogP contribution >= 0.6 is 0 Å². The fourth-order valence-corrected chi connectivity index (χ4v) is 2.10. The first-order valence-electron chi connectivity index (χ1n) is 5.17. The number of carbonyl (C=O) groups excluding carboxylic acids is 1. The summed E-state index contributed by atoms with van der Waals surface area (Å²) in [7, 11) is -4.70. The van der Waals surface area contributed by atoms with Crippen LogP contribution in [0.2, 0.25) is 0 Å². The molecule has 1 fully saturated rings. The zero-order chi connectivity index (χ0) is 14.0. The van der Waals surface area contributed by atoms with Crippen LogP contribution in [0.15, 0.2) is 0 Å². The maximum absolute atomic E-state index is 12.2. The van der Waals surface area contributed by atoms with Gasteiger partial charge in [0.1, 0.15) is 0 Å². The molecule has 0 bridgehead atoms. The second kappa shape index (κ2) is 5.41. The van der Waals surface area contributed by atoms with E-state index in [1.54, 1.807) is 0 Å². The minimum absolute atomic E-state index is 0.0252. The van der Waals surface area contributed by atoms with Crippen molar-refractivity contribution in [2.75, 3.05) is 39.8 Å². The molecule has 0 aromatic rings. The molecule has 0 saturated carbocycles. The Balaban J connectivity index is 2.64. The fourth-order valence-electron chi connectivity index (χ4n) is 1.47. The SMILES string of the molecule is CN(CC(=O)N1CCNCC1)S(=O)(=O)C(F)(F)F. The van der Waals surface area contributed by atoms with Gasteiger partial charge in [0, 0.05) is 33.2 Å². The van der Waals surface area contributed by atoms with Gasteiger partial charge in [0.25, 0.3) is 0 Å². The standard InChI is InChI=1S/C8H14F3N3O3S/c1-13(18(16,17)8(9,10)11)6-7(15)14-4-2-12-3-5-14/h12H,2-6H2,1H3. The maximum atomic E-state index is 12.2. The van der Waals surface area contributed by atoms with Crippen LogP contribution in [0.4, 0.5) is 13.2 Å². The predicted octanol–water partition coefficient (Wildman–Crippen LogP) is -0.800. The molecule has 10 heteroatoms. The van der Waals surface area contributed by atoms with E-state index < -0.39 is 28.0 Å². The molecular formula is C8H14F3N3O3S. The Hall–Kier alpha value is -0.870. The number of alkyl halides is 3.